The average molecular weight is 202 g/mol. The Morgan fingerprint density at radius 2 is 2.29 bits per heavy atom. The molecule has 1 N–H and O–H groups in total. The number of hydrogen-bond acceptors (Lipinski definition) is 2. The predicted octanol–water partition coefficient (Wildman–Crippen LogP) is 2.68. The summed E-state index contributed by atoms with van der Waals surface area (Å²) in [5.41, 5.74) is 2.09. The largest absolute Gasteiger partial charge is 0.333 e. The maximum absolute atomic E-state index is 5.17. The Morgan fingerprint density at radius 1 is 1.43 bits per heavy atom. The molecule has 70 valence electrons. The van der Waals surface area contributed by atoms with Crippen LogP contribution in [0.2, 0.25) is 0 Å². The Labute approximate surface area is 87.1 Å². The van der Waals surface area contributed by atoms with Crippen LogP contribution in [0.1, 0.15) is 6.42 Å². The van der Waals surface area contributed by atoms with Gasteiger partial charge in [0.1, 0.15) is 0 Å². The molecule has 3 heteroatoms. The van der Waals surface area contributed by atoms with Gasteiger partial charge < -0.3 is 4.98 Å². The minimum Gasteiger partial charge on any atom is -0.333 e. The first kappa shape index (κ1) is 9.17. The van der Waals surface area contributed by atoms with Gasteiger partial charge in [-0.1, -0.05) is 23.9 Å². The van der Waals surface area contributed by atoms with E-state index in [9.17, 15) is 0 Å². The lowest BCUT2D eigenvalue weighted by molar-refractivity contribution is 1.08. The molecule has 0 fully saturated rings. The molecule has 2 nitrogen and oxygen atoms in total. The lowest BCUT2D eigenvalue weighted by Gasteiger charge is -1.90. The normalized spacial score (nSPS) is 10.2. The number of fused-ring (bicyclic) bond motifs is 1. The number of nitrogens with zero attached hydrogens (tertiary/aromatic N) is 1. The Hall–Kier alpha value is -1.40. The van der Waals surface area contributed by atoms with Gasteiger partial charge in [-0.15, -0.1) is 12.3 Å². The summed E-state index contributed by atoms with van der Waals surface area (Å²) in [7, 11) is 0. The number of aromatic amines is 1. The van der Waals surface area contributed by atoms with Crippen LogP contribution in [0.3, 0.4) is 0 Å². The van der Waals surface area contributed by atoms with Crippen LogP contribution < -0.4 is 0 Å². The van der Waals surface area contributed by atoms with Crippen LogP contribution in [0.15, 0.2) is 29.4 Å². The van der Waals surface area contributed by atoms with Gasteiger partial charge in [-0.05, 0) is 12.1 Å². The molecule has 0 radical (unpaired) electrons. The first-order chi connectivity index (χ1) is 6.90. The molecule has 0 amide bonds. The third-order valence-electron chi connectivity index (χ3n) is 1.85. The summed E-state index contributed by atoms with van der Waals surface area (Å²) in [4.78, 5) is 7.66. The molecule has 0 bridgehead atoms. The van der Waals surface area contributed by atoms with Crippen LogP contribution >= 0.6 is 11.8 Å². The number of hydrogen-bond donors (Lipinski definition) is 1. The maximum Gasteiger partial charge on any atom is 0.166 e. The van der Waals surface area contributed by atoms with Crippen LogP contribution in [-0.4, -0.2) is 15.7 Å². The molecule has 0 saturated carbocycles. The molecule has 0 unspecified atom stereocenters. The van der Waals surface area contributed by atoms with Crippen LogP contribution in [0.25, 0.3) is 11.0 Å². The fraction of sp³-hybridized carbons (Fsp3) is 0.182. The third kappa shape index (κ3) is 1.91. The van der Waals surface area contributed by atoms with Crippen LogP contribution in [-0.2, 0) is 0 Å². The van der Waals surface area contributed by atoms with Gasteiger partial charge in [-0.3, -0.25) is 0 Å². The van der Waals surface area contributed by atoms with Crippen LogP contribution in [0.4, 0.5) is 0 Å². The highest BCUT2D eigenvalue weighted by Gasteiger charge is 2.00. The summed E-state index contributed by atoms with van der Waals surface area (Å²) in [6.45, 7) is 0. The van der Waals surface area contributed by atoms with Crippen molar-refractivity contribution in [1.82, 2.24) is 9.97 Å². The maximum atomic E-state index is 5.17. The Kier molecular flexibility index (Phi) is 2.76. The van der Waals surface area contributed by atoms with Gasteiger partial charge >= 0.3 is 0 Å². The zero-order chi connectivity index (χ0) is 9.80. The van der Waals surface area contributed by atoms with E-state index in [-0.39, 0.29) is 0 Å². The monoisotopic (exact) mass is 202 g/mol. The predicted molar refractivity (Wildman–Crippen MR) is 60.3 cm³/mol. The van der Waals surface area contributed by atoms with Crippen molar-refractivity contribution in [2.75, 3.05) is 5.75 Å². The van der Waals surface area contributed by atoms with Crippen LogP contribution in [0.5, 0.6) is 0 Å². The number of H-pyrrole nitrogens is 1. The number of nitrogens with one attached hydrogen (secondary N) is 1. The second-order valence-electron chi connectivity index (χ2n) is 2.86. The van der Waals surface area contributed by atoms with E-state index in [0.29, 0.717) is 0 Å². The molecule has 1 aromatic carbocycles. The first-order valence-electron chi connectivity index (χ1n) is 4.41. The van der Waals surface area contributed by atoms with E-state index in [1.165, 1.54) is 0 Å². The number of imidazole rings is 1. The van der Waals surface area contributed by atoms with Crippen molar-refractivity contribution in [1.29, 1.82) is 0 Å². The summed E-state index contributed by atoms with van der Waals surface area (Å²) >= 11 is 1.66. The van der Waals surface area contributed by atoms with Gasteiger partial charge in [0.15, 0.2) is 5.16 Å². The van der Waals surface area contributed by atoms with E-state index >= 15 is 0 Å². The zero-order valence-electron chi connectivity index (χ0n) is 7.66. The van der Waals surface area contributed by atoms with E-state index < -0.39 is 0 Å². The van der Waals surface area contributed by atoms with Gasteiger partial charge in [-0.2, -0.15) is 0 Å². The number of thioether (sulfide) groups is 1. The minimum atomic E-state index is 0.779. The molecule has 0 aliphatic carbocycles. The van der Waals surface area contributed by atoms with Gasteiger partial charge in [0, 0.05) is 12.2 Å². The molecule has 14 heavy (non-hydrogen) atoms. The number of terminal acetylenes is 1. The topological polar surface area (TPSA) is 28.7 Å². The average Bonchev–Trinajstić information content (AvgIpc) is 2.60. The second kappa shape index (κ2) is 4.21. The first-order valence-corrected chi connectivity index (χ1v) is 5.40. The highest BCUT2D eigenvalue weighted by molar-refractivity contribution is 7.99. The molecule has 0 aliphatic rings. The lowest BCUT2D eigenvalue weighted by Crippen LogP contribution is -1.78. The Morgan fingerprint density at radius 3 is 3.07 bits per heavy atom. The van der Waals surface area contributed by atoms with E-state index in [1.807, 2.05) is 24.3 Å². The molecule has 1 heterocycles. The fourth-order valence-corrected chi connectivity index (χ4v) is 1.96. The summed E-state index contributed by atoms with van der Waals surface area (Å²) < 4.78 is 0. The molecular formula is C11H10N2S. The SMILES string of the molecule is C#CCCSc1nc2ccccc2[nH]1. The van der Waals surface area contributed by atoms with Crippen molar-refractivity contribution in [2.45, 2.75) is 11.6 Å². The van der Waals surface area contributed by atoms with E-state index in [4.69, 9.17) is 6.42 Å². The van der Waals surface area contributed by atoms with Gasteiger partial charge in [0.05, 0.1) is 11.0 Å². The second-order valence-corrected chi connectivity index (χ2v) is 3.95. The molecule has 0 aliphatic heterocycles. The minimum absolute atomic E-state index is 0.779. The Bertz CT molecular complexity index is 434. The van der Waals surface area contributed by atoms with E-state index in [2.05, 4.69) is 15.9 Å². The zero-order valence-corrected chi connectivity index (χ0v) is 8.47. The molecular weight excluding hydrogens is 192 g/mol. The molecule has 2 rings (SSSR count). The number of rotatable bonds is 3. The van der Waals surface area contributed by atoms with Crippen molar-refractivity contribution >= 4 is 22.8 Å². The lowest BCUT2D eigenvalue weighted by atomic mass is 10.3. The van der Waals surface area contributed by atoms with Gasteiger partial charge in [0.2, 0.25) is 0 Å². The quantitative estimate of drug-likeness (QED) is 0.471. The van der Waals surface area contributed by atoms with Crippen molar-refractivity contribution < 1.29 is 0 Å². The molecule has 0 atom stereocenters. The number of benzene rings is 1. The molecule has 1 aromatic heterocycles. The summed E-state index contributed by atoms with van der Waals surface area (Å²) in [5.74, 6) is 3.52. The standard InChI is InChI=1S/C11H10N2S/c1-2-3-8-14-11-12-9-6-4-5-7-10(9)13-11/h1,4-7H,3,8H2,(H,12,13). The molecule has 2 aromatic rings. The van der Waals surface area contributed by atoms with Crippen molar-refractivity contribution in [3.05, 3.63) is 24.3 Å². The third-order valence-corrected chi connectivity index (χ3v) is 2.73. The summed E-state index contributed by atoms with van der Waals surface area (Å²) in [5, 5.41) is 0.946. The number of para-hydroxylation sites is 2. The molecule has 0 saturated heterocycles. The highest BCUT2D eigenvalue weighted by Crippen LogP contribution is 2.19. The summed E-state index contributed by atoms with van der Waals surface area (Å²) in [6, 6.07) is 8.00. The van der Waals surface area contributed by atoms with E-state index in [0.717, 1.165) is 28.4 Å². The highest BCUT2D eigenvalue weighted by atomic mass is 32.2. The van der Waals surface area contributed by atoms with Crippen LogP contribution in [0, 0.1) is 12.3 Å². The smallest absolute Gasteiger partial charge is 0.166 e. The molecule has 0 spiro atoms. The fourth-order valence-electron chi connectivity index (χ4n) is 1.20. The van der Waals surface area contributed by atoms with Crippen molar-refractivity contribution in [3.8, 4) is 12.3 Å². The Balaban J connectivity index is 2.15. The van der Waals surface area contributed by atoms with Gasteiger partial charge in [-0.25, -0.2) is 4.98 Å². The number of aromatic nitrogens is 2. The van der Waals surface area contributed by atoms with E-state index in [1.54, 1.807) is 11.8 Å². The van der Waals surface area contributed by atoms with Crippen molar-refractivity contribution in [3.63, 3.8) is 0 Å². The van der Waals surface area contributed by atoms with Crippen molar-refractivity contribution in [2.24, 2.45) is 0 Å². The van der Waals surface area contributed by atoms with Gasteiger partial charge in [0.25, 0.3) is 0 Å². The summed E-state index contributed by atoms with van der Waals surface area (Å²) in [6.07, 6.45) is 5.95.